The second-order valence-corrected chi connectivity index (χ2v) is 10.1. The van der Waals surface area contributed by atoms with E-state index in [0.29, 0.717) is 50.8 Å². The molecule has 2 aromatic rings. The van der Waals surface area contributed by atoms with E-state index >= 15 is 0 Å². The van der Waals surface area contributed by atoms with E-state index in [-0.39, 0.29) is 18.6 Å². The summed E-state index contributed by atoms with van der Waals surface area (Å²) in [5.74, 6) is 0.810. The Bertz CT molecular complexity index is 1020. The monoisotopic (exact) mass is 568 g/mol. The maximum absolute atomic E-state index is 11.3. The normalized spacial score (nSPS) is 11.0. The number of esters is 2. The van der Waals surface area contributed by atoms with Crippen LogP contribution in [0.4, 0.5) is 0 Å². The smallest absolute Gasteiger partial charge is 0.333 e. The molecule has 0 saturated heterocycles. The summed E-state index contributed by atoms with van der Waals surface area (Å²) in [4.78, 5) is 22.6. The van der Waals surface area contributed by atoms with Crippen molar-refractivity contribution >= 4 is 11.9 Å². The van der Waals surface area contributed by atoms with Crippen LogP contribution in [0.1, 0.15) is 51.7 Å². The number of carbonyl (C=O) groups excluding carboxylic acids is 2. The van der Waals surface area contributed by atoms with Gasteiger partial charge in [-0.25, -0.2) is 9.59 Å². The van der Waals surface area contributed by atoms with Crippen LogP contribution >= 0.6 is 0 Å². The highest BCUT2D eigenvalue weighted by atomic mass is 16.6. The summed E-state index contributed by atoms with van der Waals surface area (Å²) in [5, 5.41) is 0. The number of rotatable bonds is 20. The molecule has 0 bridgehead atoms. The van der Waals surface area contributed by atoms with Crippen LogP contribution in [-0.4, -0.2) is 64.8 Å². The third-order valence-electron chi connectivity index (χ3n) is 6.17. The fourth-order valence-corrected chi connectivity index (χ4v) is 3.64. The highest BCUT2D eigenvalue weighted by Gasteiger charge is 2.23. The molecule has 41 heavy (non-hydrogen) atoms. The zero-order chi connectivity index (χ0) is 30.1. The van der Waals surface area contributed by atoms with Gasteiger partial charge in [-0.15, -0.1) is 0 Å². The highest BCUT2D eigenvalue weighted by molar-refractivity contribution is 5.87. The maximum atomic E-state index is 11.3. The van der Waals surface area contributed by atoms with Crippen LogP contribution in [-0.2, 0) is 34.0 Å². The predicted molar refractivity (Wildman–Crippen MR) is 158 cm³/mol. The van der Waals surface area contributed by atoms with Crippen molar-refractivity contribution in [2.24, 2.45) is 0 Å². The number of hydrogen-bond donors (Lipinski definition) is 0. The van der Waals surface area contributed by atoms with Gasteiger partial charge in [-0.2, -0.15) is 0 Å². The Labute approximate surface area is 244 Å². The molecule has 224 valence electrons. The lowest BCUT2D eigenvalue weighted by molar-refractivity contribution is -0.141. The molecule has 0 fully saturated rings. The highest BCUT2D eigenvalue weighted by Crippen LogP contribution is 2.33. The Hall–Kier alpha value is -3.62. The molecule has 0 atom stereocenters. The zero-order valence-electron chi connectivity index (χ0n) is 24.9. The van der Waals surface area contributed by atoms with Crippen LogP contribution in [0.5, 0.6) is 11.5 Å². The third-order valence-corrected chi connectivity index (χ3v) is 6.17. The van der Waals surface area contributed by atoms with Gasteiger partial charge < -0.3 is 28.4 Å². The minimum absolute atomic E-state index is 0.195. The van der Waals surface area contributed by atoms with Gasteiger partial charge in [0.1, 0.15) is 24.7 Å². The van der Waals surface area contributed by atoms with Gasteiger partial charge >= 0.3 is 11.9 Å². The van der Waals surface area contributed by atoms with Crippen molar-refractivity contribution in [1.82, 2.24) is 0 Å². The minimum atomic E-state index is -0.401. The molecule has 0 amide bonds. The van der Waals surface area contributed by atoms with Crippen molar-refractivity contribution in [3.63, 3.8) is 0 Å². The summed E-state index contributed by atoms with van der Waals surface area (Å²) in [5.41, 5.74) is 2.92. The Balaban J connectivity index is 1.66. The molecular formula is C33H44O8. The molecule has 8 heteroatoms. The van der Waals surface area contributed by atoms with Crippen molar-refractivity contribution in [3.05, 3.63) is 84.0 Å². The third kappa shape index (κ3) is 12.6. The molecule has 0 saturated carbocycles. The molecular weight excluding hydrogens is 524 g/mol. The Morgan fingerprint density at radius 1 is 0.585 bits per heavy atom. The van der Waals surface area contributed by atoms with Gasteiger partial charge in [0.25, 0.3) is 0 Å². The van der Waals surface area contributed by atoms with E-state index in [1.807, 2.05) is 24.3 Å². The van der Waals surface area contributed by atoms with Crippen LogP contribution in [0.15, 0.2) is 72.8 Å². The second kappa shape index (κ2) is 17.9. The standard InChI is InChI=1S/C33H44O8/c1-25(2)31(34)40-23-21-36-17-7-19-38-29-13-9-27(10-14-29)33(5,6)28-11-15-30(16-12-28)39-20-8-18-37-22-24-41-32(35)26(3)4/h9-16H,1,3,7-8,17-24H2,2,4-6H3. The topological polar surface area (TPSA) is 89.5 Å². The van der Waals surface area contributed by atoms with Gasteiger partial charge in [0.2, 0.25) is 0 Å². The molecule has 0 aliphatic carbocycles. The lowest BCUT2D eigenvalue weighted by Crippen LogP contribution is -2.18. The maximum Gasteiger partial charge on any atom is 0.333 e. The molecule has 0 heterocycles. The van der Waals surface area contributed by atoms with Gasteiger partial charge in [0.15, 0.2) is 0 Å². The van der Waals surface area contributed by atoms with Crippen LogP contribution < -0.4 is 9.47 Å². The molecule has 0 aromatic heterocycles. The Morgan fingerprint density at radius 2 is 0.951 bits per heavy atom. The Kier molecular flexibility index (Phi) is 14.7. The number of benzene rings is 2. The summed E-state index contributed by atoms with van der Waals surface area (Å²) in [6, 6.07) is 16.3. The van der Waals surface area contributed by atoms with E-state index in [0.717, 1.165) is 24.3 Å². The summed E-state index contributed by atoms with van der Waals surface area (Å²) >= 11 is 0. The van der Waals surface area contributed by atoms with E-state index in [9.17, 15) is 9.59 Å². The first-order valence-electron chi connectivity index (χ1n) is 13.9. The van der Waals surface area contributed by atoms with E-state index < -0.39 is 11.9 Å². The van der Waals surface area contributed by atoms with Crippen molar-refractivity contribution in [2.75, 3.05) is 52.9 Å². The summed E-state index contributed by atoms with van der Waals surface area (Å²) in [7, 11) is 0. The van der Waals surface area contributed by atoms with Gasteiger partial charge in [0, 0.05) is 42.6 Å². The van der Waals surface area contributed by atoms with Gasteiger partial charge in [-0.1, -0.05) is 51.3 Å². The molecule has 2 aromatic carbocycles. The van der Waals surface area contributed by atoms with Gasteiger partial charge in [-0.3, -0.25) is 0 Å². The second-order valence-electron chi connectivity index (χ2n) is 10.1. The van der Waals surface area contributed by atoms with E-state index in [2.05, 4.69) is 51.3 Å². The fraction of sp³-hybridized carbons (Fsp3) is 0.455. The number of carbonyl (C=O) groups is 2. The largest absolute Gasteiger partial charge is 0.494 e. The molecule has 8 nitrogen and oxygen atoms in total. The van der Waals surface area contributed by atoms with E-state index in [1.165, 1.54) is 11.1 Å². The molecule has 0 aliphatic heterocycles. The molecule has 0 N–H and O–H groups in total. The SMILES string of the molecule is C=C(C)C(=O)OCCOCCCOc1ccc(C(C)(C)c2ccc(OCCCOCCOC(=O)C(=C)C)cc2)cc1. The van der Waals surface area contributed by atoms with E-state index in [4.69, 9.17) is 28.4 Å². The first kappa shape index (κ1) is 33.6. The zero-order valence-corrected chi connectivity index (χ0v) is 24.9. The van der Waals surface area contributed by atoms with Crippen LogP contribution in [0.3, 0.4) is 0 Å². The van der Waals surface area contributed by atoms with Crippen molar-refractivity contribution in [3.8, 4) is 11.5 Å². The first-order chi connectivity index (χ1) is 19.6. The van der Waals surface area contributed by atoms with Crippen molar-refractivity contribution < 1.29 is 38.0 Å². The average molecular weight is 569 g/mol. The summed E-state index contributed by atoms with van der Waals surface area (Å²) in [6.07, 6.45) is 1.46. The average Bonchev–Trinajstić information content (AvgIpc) is 2.95. The molecule has 0 aliphatic rings. The fourth-order valence-electron chi connectivity index (χ4n) is 3.64. The van der Waals surface area contributed by atoms with Gasteiger partial charge in [0.05, 0.1) is 26.4 Å². The number of ether oxygens (including phenoxy) is 6. The van der Waals surface area contributed by atoms with Crippen LogP contribution in [0.2, 0.25) is 0 Å². The molecule has 0 spiro atoms. The predicted octanol–water partition coefficient (Wildman–Crippen LogP) is 5.82. The first-order valence-corrected chi connectivity index (χ1v) is 13.9. The van der Waals surface area contributed by atoms with Gasteiger partial charge in [-0.05, 0) is 49.2 Å². The lowest BCUT2D eigenvalue weighted by atomic mass is 9.78. The molecule has 0 radical (unpaired) electrons. The van der Waals surface area contributed by atoms with Crippen LogP contribution in [0.25, 0.3) is 0 Å². The Morgan fingerprint density at radius 3 is 1.29 bits per heavy atom. The summed E-state index contributed by atoms with van der Waals surface area (Å²) < 4.78 is 32.6. The molecule has 2 rings (SSSR count). The van der Waals surface area contributed by atoms with Crippen LogP contribution in [0, 0.1) is 0 Å². The minimum Gasteiger partial charge on any atom is -0.494 e. The molecule has 0 unspecified atom stereocenters. The number of hydrogen-bond acceptors (Lipinski definition) is 8. The lowest BCUT2D eigenvalue weighted by Gasteiger charge is -2.26. The summed E-state index contributed by atoms with van der Waals surface area (Å²) in [6.45, 7) is 17.9. The van der Waals surface area contributed by atoms with Crippen molar-refractivity contribution in [1.29, 1.82) is 0 Å². The van der Waals surface area contributed by atoms with Crippen molar-refractivity contribution in [2.45, 2.75) is 46.0 Å². The van der Waals surface area contributed by atoms with E-state index in [1.54, 1.807) is 13.8 Å². The quantitative estimate of drug-likeness (QED) is 0.112.